The molecule has 3 rings (SSSR count). The highest BCUT2D eigenvalue weighted by Gasteiger charge is 2.21. The minimum atomic E-state index is -3.57. The van der Waals surface area contributed by atoms with Crippen LogP contribution in [0.3, 0.4) is 0 Å². The van der Waals surface area contributed by atoms with E-state index in [4.69, 9.17) is 21.4 Å². The highest BCUT2D eigenvalue weighted by Crippen LogP contribution is 2.26. The molecule has 0 unspecified atom stereocenters. The molecule has 0 fully saturated rings. The predicted molar refractivity (Wildman–Crippen MR) is 130 cm³/mol. The van der Waals surface area contributed by atoms with Gasteiger partial charge in [-0.2, -0.15) is 0 Å². The van der Waals surface area contributed by atoms with E-state index in [1.165, 1.54) is 0 Å². The van der Waals surface area contributed by atoms with Crippen molar-refractivity contribution in [3.8, 4) is 11.8 Å². The lowest BCUT2D eigenvalue weighted by molar-refractivity contribution is 0.0838. The topological polar surface area (TPSA) is 81.4 Å². The van der Waals surface area contributed by atoms with Crippen LogP contribution in [0.15, 0.2) is 41.6 Å². The fraction of sp³-hybridized carbons (Fsp3) is 0.348. The third-order valence-corrected chi connectivity index (χ3v) is 7.82. The molecule has 9 heteroatoms. The third kappa shape index (κ3) is 6.21. The number of nitrogens with zero attached hydrogens (tertiary/aromatic N) is 2. The quantitative estimate of drug-likeness (QED) is 0.303. The summed E-state index contributed by atoms with van der Waals surface area (Å²) in [5.41, 5.74) is 3.21. The number of sulfone groups is 1. The zero-order chi connectivity index (χ0) is 23.5. The molecule has 0 saturated heterocycles. The molecule has 1 heterocycles. The molecule has 0 aliphatic rings. The Morgan fingerprint density at radius 3 is 2.44 bits per heavy atom. The van der Waals surface area contributed by atoms with Crippen molar-refractivity contribution in [2.24, 2.45) is 0 Å². The molecule has 1 aromatic heterocycles. The average Bonchev–Trinajstić information content (AvgIpc) is 3.07. The van der Waals surface area contributed by atoms with E-state index in [1.54, 1.807) is 28.8 Å². The molecule has 3 aromatic rings. The summed E-state index contributed by atoms with van der Waals surface area (Å²) in [6.45, 7) is 7.40. The summed E-state index contributed by atoms with van der Waals surface area (Å²) in [4.78, 5) is 4.34. The Morgan fingerprint density at radius 1 is 1.16 bits per heavy atom. The van der Waals surface area contributed by atoms with Crippen LogP contribution in [0.2, 0.25) is 30.7 Å². The summed E-state index contributed by atoms with van der Waals surface area (Å²) >= 11 is 6.47. The van der Waals surface area contributed by atoms with E-state index in [1.807, 2.05) is 12.1 Å². The molecular weight excluding hydrogens is 464 g/mol. The molecule has 170 valence electrons. The van der Waals surface area contributed by atoms with Gasteiger partial charge in [0.2, 0.25) is 15.0 Å². The van der Waals surface area contributed by atoms with E-state index >= 15 is 0 Å². The van der Waals surface area contributed by atoms with E-state index in [2.05, 4.69) is 36.5 Å². The van der Waals surface area contributed by atoms with E-state index in [0.717, 1.165) is 23.4 Å². The SMILES string of the molecule is C[Si](C)(C)CCOCn1c(S(C)(=O)=O)nc2cc(C#Cc3ccc(CO)cc3)c(Cl)cc21. The van der Waals surface area contributed by atoms with Gasteiger partial charge in [-0.3, -0.25) is 4.57 Å². The van der Waals surface area contributed by atoms with Crippen molar-refractivity contribution in [3.05, 3.63) is 58.1 Å². The molecule has 0 aliphatic heterocycles. The number of aliphatic hydroxyl groups excluding tert-OH is 1. The minimum absolute atomic E-state index is 0.0244. The Morgan fingerprint density at radius 2 is 1.84 bits per heavy atom. The summed E-state index contributed by atoms with van der Waals surface area (Å²) in [6.07, 6.45) is 1.13. The number of ether oxygens (including phenoxy) is 1. The first-order chi connectivity index (χ1) is 15.0. The number of halogens is 1. The molecule has 1 N–H and O–H groups in total. The molecule has 0 bridgehead atoms. The van der Waals surface area contributed by atoms with Crippen LogP contribution in [-0.4, -0.2) is 44.0 Å². The Bertz CT molecular complexity index is 1280. The van der Waals surface area contributed by atoms with Crippen LogP contribution >= 0.6 is 11.6 Å². The van der Waals surface area contributed by atoms with Crippen molar-refractivity contribution in [1.29, 1.82) is 0 Å². The maximum Gasteiger partial charge on any atom is 0.230 e. The summed E-state index contributed by atoms with van der Waals surface area (Å²) in [7, 11) is -4.83. The van der Waals surface area contributed by atoms with Gasteiger partial charge in [0.1, 0.15) is 6.73 Å². The Labute approximate surface area is 195 Å². The largest absolute Gasteiger partial charge is 0.392 e. The number of hydrogen-bond acceptors (Lipinski definition) is 5. The highest BCUT2D eigenvalue weighted by molar-refractivity contribution is 7.90. The van der Waals surface area contributed by atoms with Crippen LogP contribution in [0.5, 0.6) is 0 Å². The number of fused-ring (bicyclic) bond motifs is 1. The maximum atomic E-state index is 12.3. The second-order valence-corrected chi connectivity index (χ2v) is 16.8. The van der Waals surface area contributed by atoms with Crippen molar-refractivity contribution in [2.75, 3.05) is 12.9 Å². The van der Waals surface area contributed by atoms with Crippen LogP contribution < -0.4 is 0 Å². The molecule has 0 aliphatic carbocycles. The lowest BCUT2D eigenvalue weighted by Crippen LogP contribution is -2.22. The first-order valence-corrected chi connectivity index (χ1v) is 16.1. The minimum Gasteiger partial charge on any atom is -0.392 e. The zero-order valence-electron chi connectivity index (χ0n) is 18.6. The molecule has 0 amide bonds. The van der Waals surface area contributed by atoms with E-state index in [-0.39, 0.29) is 18.5 Å². The molecule has 0 atom stereocenters. The molecule has 0 radical (unpaired) electrons. The molecular formula is C23H27ClN2O4SSi. The van der Waals surface area contributed by atoms with Crippen molar-refractivity contribution < 1.29 is 18.3 Å². The van der Waals surface area contributed by atoms with Gasteiger partial charge in [0.15, 0.2) is 0 Å². The maximum absolute atomic E-state index is 12.3. The highest BCUT2D eigenvalue weighted by atomic mass is 35.5. The summed E-state index contributed by atoms with van der Waals surface area (Å²) in [5.74, 6) is 6.06. The van der Waals surface area contributed by atoms with Crippen LogP contribution in [0.1, 0.15) is 16.7 Å². The van der Waals surface area contributed by atoms with E-state index in [9.17, 15) is 8.42 Å². The van der Waals surface area contributed by atoms with E-state index < -0.39 is 17.9 Å². The Balaban J connectivity index is 1.95. The van der Waals surface area contributed by atoms with Gasteiger partial charge in [0, 0.05) is 32.1 Å². The number of aliphatic hydroxyl groups is 1. The number of hydrogen-bond donors (Lipinski definition) is 1. The van der Waals surface area contributed by atoms with Crippen molar-refractivity contribution in [3.63, 3.8) is 0 Å². The first-order valence-electron chi connectivity index (χ1n) is 10.2. The lowest BCUT2D eigenvalue weighted by Gasteiger charge is -2.16. The van der Waals surface area contributed by atoms with Crippen molar-refractivity contribution in [2.45, 2.75) is 44.2 Å². The predicted octanol–water partition coefficient (Wildman–Crippen LogP) is 4.30. The molecule has 0 saturated carbocycles. The van der Waals surface area contributed by atoms with Gasteiger partial charge in [-0.05, 0) is 35.9 Å². The summed E-state index contributed by atoms with van der Waals surface area (Å²) in [6, 6.07) is 11.6. The van der Waals surface area contributed by atoms with Gasteiger partial charge in [-0.1, -0.05) is 55.2 Å². The fourth-order valence-corrected chi connectivity index (χ4v) is 4.77. The molecule has 0 spiro atoms. The fourth-order valence-electron chi connectivity index (χ4n) is 2.99. The molecule has 2 aromatic carbocycles. The van der Waals surface area contributed by atoms with Gasteiger partial charge >= 0.3 is 0 Å². The van der Waals surface area contributed by atoms with Crippen LogP contribution in [0.25, 0.3) is 11.0 Å². The number of rotatable bonds is 7. The second kappa shape index (κ2) is 9.77. The monoisotopic (exact) mass is 490 g/mol. The van der Waals surface area contributed by atoms with Gasteiger partial charge in [-0.25, -0.2) is 13.4 Å². The van der Waals surface area contributed by atoms with Gasteiger partial charge in [0.25, 0.3) is 0 Å². The first kappa shape index (κ1) is 24.5. The lowest BCUT2D eigenvalue weighted by atomic mass is 10.1. The average molecular weight is 491 g/mol. The zero-order valence-corrected chi connectivity index (χ0v) is 21.2. The molecule has 32 heavy (non-hydrogen) atoms. The number of aromatic nitrogens is 2. The summed E-state index contributed by atoms with van der Waals surface area (Å²) in [5, 5.41) is 9.49. The Hall–Kier alpha value is -2.15. The van der Waals surface area contributed by atoms with Crippen molar-refractivity contribution in [1.82, 2.24) is 9.55 Å². The third-order valence-electron chi connectivity index (χ3n) is 4.83. The van der Waals surface area contributed by atoms with Gasteiger partial charge in [-0.15, -0.1) is 0 Å². The normalized spacial score (nSPS) is 12.1. The van der Waals surface area contributed by atoms with E-state index in [0.29, 0.717) is 28.2 Å². The van der Waals surface area contributed by atoms with Crippen LogP contribution in [-0.2, 0) is 27.9 Å². The van der Waals surface area contributed by atoms with Crippen LogP contribution in [0, 0.1) is 11.8 Å². The van der Waals surface area contributed by atoms with Gasteiger partial charge < -0.3 is 9.84 Å². The number of imidazole rings is 1. The second-order valence-electron chi connectivity index (χ2n) is 8.87. The van der Waals surface area contributed by atoms with Gasteiger partial charge in [0.05, 0.1) is 22.7 Å². The smallest absolute Gasteiger partial charge is 0.230 e. The summed E-state index contributed by atoms with van der Waals surface area (Å²) < 4.78 is 32.0. The standard InChI is InChI=1S/C23H27ClN2O4SSi/c1-31(28,29)23-25-21-13-19(10-9-17-5-7-18(15-27)8-6-17)20(24)14-22(21)26(23)16-30-11-12-32(2,3)4/h5-8,13-14,27H,11-12,15-16H2,1-4H3. The molecule has 6 nitrogen and oxygen atoms in total. The van der Waals surface area contributed by atoms with Crippen LogP contribution in [0.4, 0.5) is 0 Å². The van der Waals surface area contributed by atoms with Crippen molar-refractivity contribution >= 4 is 40.5 Å². The Kier molecular flexibility index (Phi) is 7.48. The number of benzene rings is 2.